The number of nitro groups is 1. The minimum atomic E-state index is -0.478. The van der Waals surface area contributed by atoms with Crippen LogP contribution in [0.2, 0.25) is 10.0 Å². The Morgan fingerprint density at radius 3 is 2.62 bits per heavy atom. The minimum Gasteiger partial charge on any atom is -0.486 e. The summed E-state index contributed by atoms with van der Waals surface area (Å²) < 4.78 is 7.66. The van der Waals surface area contributed by atoms with Gasteiger partial charge >= 0.3 is 0 Å². The zero-order valence-corrected chi connectivity index (χ0v) is 20.6. The Balaban J connectivity index is 1.58. The first-order valence-corrected chi connectivity index (χ1v) is 11.4. The molecule has 0 saturated carbocycles. The number of hydrogen-bond donors (Lipinski definition) is 0. The molecule has 0 aliphatic rings. The zero-order valence-electron chi connectivity index (χ0n) is 17.5. The van der Waals surface area contributed by atoms with Crippen LogP contribution in [0.15, 0.2) is 69.0 Å². The quantitative estimate of drug-likeness (QED) is 0.160. The highest BCUT2D eigenvalue weighted by Gasteiger charge is 2.12. The molecule has 11 heteroatoms. The Labute approximate surface area is 211 Å². The molecule has 0 fully saturated rings. The fraction of sp³-hybridized carbons (Fsp3) is 0.0870. The van der Waals surface area contributed by atoms with Crippen molar-refractivity contribution in [3.63, 3.8) is 0 Å². The highest BCUT2D eigenvalue weighted by atomic mass is 79.9. The maximum Gasteiger partial charge on any atom is 0.282 e. The van der Waals surface area contributed by atoms with Crippen molar-refractivity contribution in [3.05, 3.63) is 107 Å². The Hall–Kier alpha value is -3.27. The number of benzene rings is 3. The number of ether oxygens (including phenoxy) is 1. The van der Waals surface area contributed by atoms with Gasteiger partial charge in [0.2, 0.25) is 0 Å². The van der Waals surface area contributed by atoms with E-state index in [1.807, 2.05) is 6.07 Å². The highest BCUT2D eigenvalue weighted by molar-refractivity contribution is 9.10. The molecule has 0 spiro atoms. The van der Waals surface area contributed by atoms with Gasteiger partial charge in [0.1, 0.15) is 12.4 Å². The predicted molar refractivity (Wildman–Crippen MR) is 135 cm³/mol. The molecular weight excluding hydrogens is 547 g/mol. The van der Waals surface area contributed by atoms with Crippen LogP contribution in [-0.4, -0.2) is 20.8 Å². The summed E-state index contributed by atoms with van der Waals surface area (Å²) in [5, 5.41) is 16.1. The van der Waals surface area contributed by atoms with Gasteiger partial charge in [0.25, 0.3) is 11.2 Å². The van der Waals surface area contributed by atoms with E-state index in [1.54, 1.807) is 43.3 Å². The Morgan fingerprint density at radius 2 is 1.91 bits per heavy atom. The summed E-state index contributed by atoms with van der Waals surface area (Å²) in [6.45, 7) is 1.73. The van der Waals surface area contributed by atoms with Crippen LogP contribution < -0.4 is 10.3 Å². The van der Waals surface area contributed by atoms with E-state index in [2.05, 4.69) is 26.0 Å². The summed E-state index contributed by atoms with van der Waals surface area (Å²) in [4.78, 5) is 27.8. The molecule has 1 aromatic heterocycles. The van der Waals surface area contributed by atoms with Crippen LogP contribution in [-0.2, 0) is 6.61 Å². The van der Waals surface area contributed by atoms with Crippen molar-refractivity contribution in [3.8, 4) is 5.75 Å². The molecular formula is C23H15BrCl2N4O4. The number of aromatic nitrogens is 2. The fourth-order valence-electron chi connectivity index (χ4n) is 3.23. The molecule has 0 radical (unpaired) electrons. The average Bonchev–Trinajstić information content (AvgIpc) is 2.79. The summed E-state index contributed by atoms with van der Waals surface area (Å²) in [5.41, 5.74) is 1.36. The average molecular weight is 562 g/mol. The van der Waals surface area contributed by atoms with Crippen LogP contribution in [0.5, 0.6) is 5.75 Å². The van der Waals surface area contributed by atoms with E-state index in [0.29, 0.717) is 27.9 Å². The lowest BCUT2D eigenvalue weighted by Crippen LogP contribution is -2.20. The molecule has 0 saturated heterocycles. The SMILES string of the molecule is Cc1nc2ccc(Br)cc2c(=O)n1N=Cc1cc(Cl)c(OCc2cccc([N+](=O)[O-])c2)c(Cl)c1. The fourth-order valence-corrected chi connectivity index (χ4v) is 4.20. The lowest BCUT2D eigenvalue weighted by Gasteiger charge is -2.11. The van der Waals surface area contributed by atoms with Crippen LogP contribution in [0.1, 0.15) is 17.0 Å². The van der Waals surface area contributed by atoms with Crippen LogP contribution in [0.3, 0.4) is 0 Å². The van der Waals surface area contributed by atoms with Crippen LogP contribution in [0.4, 0.5) is 5.69 Å². The number of nitro benzene ring substituents is 1. The molecule has 0 unspecified atom stereocenters. The number of rotatable bonds is 6. The second-order valence-electron chi connectivity index (χ2n) is 7.21. The molecule has 172 valence electrons. The summed E-state index contributed by atoms with van der Waals surface area (Å²) in [6, 6.07) is 14.5. The minimum absolute atomic E-state index is 0.0362. The summed E-state index contributed by atoms with van der Waals surface area (Å²) in [6.07, 6.45) is 1.45. The third-order valence-corrected chi connectivity index (χ3v) is 5.87. The highest BCUT2D eigenvalue weighted by Crippen LogP contribution is 2.34. The van der Waals surface area contributed by atoms with Gasteiger partial charge in [-0.25, -0.2) is 4.98 Å². The molecule has 0 aliphatic heterocycles. The van der Waals surface area contributed by atoms with E-state index in [1.165, 1.54) is 23.0 Å². The largest absolute Gasteiger partial charge is 0.486 e. The topological polar surface area (TPSA) is 99.6 Å². The van der Waals surface area contributed by atoms with Gasteiger partial charge < -0.3 is 4.74 Å². The number of halogens is 3. The van der Waals surface area contributed by atoms with E-state index in [0.717, 1.165) is 4.47 Å². The van der Waals surface area contributed by atoms with Gasteiger partial charge in [0, 0.05) is 16.6 Å². The van der Waals surface area contributed by atoms with Crippen molar-refractivity contribution in [1.29, 1.82) is 0 Å². The normalized spacial score (nSPS) is 11.3. The number of nitrogens with zero attached hydrogens (tertiary/aromatic N) is 4. The second kappa shape index (κ2) is 9.92. The third kappa shape index (κ3) is 5.11. The lowest BCUT2D eigenvalue weighted by molar-refractivity contribution is -0.384. The standard InChI is InChI=1S/C23H15BrCl2N4O4/c1-13-28-21-6-5-16(24)10-18(21)23(31)29(13)27-11-15-8-19(25)22(20(26)9-15)34-12-14-3-2-4-17(7-14)30(32)33/h2-11H,12H2,1H3. The molecule has 34 heavy (non-hydrogen) atoms. The number of hydrogen-bond acceptors (Lipinski definition) is 6. The first-order chi connectivity index (χ1) is 16.2. The van der Waals surface area contributed by atoms with Crippen molar-refractivity contribution >= 4 is 61.9 Å². The molecule has 0 amide bonds. The summed E-state index contributed by atoms with van der Waals surface area (Å²) in [7, 11) is 0. The molecule has 4 rings (SSSR count). The van der Waals surface area contributed by atoms with Crippen molar-refractivity contribution in [2.24, 2.45) is 5.10 Å². The summed E-state index contributed by atoms with van der Waals surface area (Å²) >= 11 is 16.1. The van der Waals surface area contributed by atoms with Crippen molar-refractivity contribution in [2.45, 2.75) is 13.5 Å². The first kappa shape index (κ1) is 23.9. The van der Waals surface area contributed by atoms with E-state index >= 15 is 0 Å². The van der Waals surface area contributed by atoms with Crippen molar-refractivity contribution in [2.75, 3.05) is 0 Å². The second-order valence-corrected chi connectivity index (χ2v) is 8.94. The van der Waals surface area contributed by atoms with Gasteiger partial charge in [-0.2, -0.15) is 9.78 Å². The van der Waals surface area contributed by atoms with Crippen LogP contribution >= 0.6 is 39.1 Å². The number of fused-ring (bicyclic) bond motifs is 1. The van der Waals surface area contributed by atoms with Crippen molar-refractivity contribution in [1.82, 2.24) is 9.66 Å². The molecule has 4 aromatic rings. The van der Waals surface area contributed by atoms with E-state index in [9.17, 15) is 14.9 Å². The van der Waals surface area contributed by atoms with Gasteiger partial charge in [-0.05, 0) is 48.4 Å². The maximum absolute atomic E-state index is 12.9. The smallest absolute Gasteiger partial charge is 0.282 e. The van der Waals surface area contributed by atoms with E-state index in [4.69, 9.17) is 27.9 Å². The Morgan fingerprint density at radius 1 is 1.18 bits per heavy atom. The lowest BCUT2D eigenvalue weighted by atomic mass is 10.2. The number of non-ortho nitro benzene ring substituents is 1. The van der Waals surface area contributed by atoms with Gasteiger partial charge in [-0.1, -0.05) is 51.3 Å². The monoisotopic (exact) mass is 560 g/mol. The van der Waals surface area contributed by atoms with Gasteiger partial charge in [0.15, 0.2) is 5.75 Å². The molecule has 8 nitrogen and oxygen atoms in total. The van der Waals surface area contributed by atoms with Gasteiger partial charge in [-0.15, -0.1) is 0 Å². The molecule has 0 atom stereocenters. The van der Waals surface area contributed by atoms with Crippen LogP contribution in [0.25, 0.3) is 10.9 Å². The molecule has 0 aliphatic carbocycles. The molecule has 1 heterocycles. The van der Waals surface area contributed by atoms with Gasteiger partial charge in [0.05, 0.1) is 32.1 Å². The maximum atomic E-state index is 12.9. The molecule has 0 bridgehead atoms. The zero-order chi connectivity index (χ0) is 24.4. The Bertz CT molecular complexity index is 1500. The van der Waals surface area contributed by atoms with Gasteiger partial charge in [-0.3, -0.25) is 14.9 Å². The van der Waals surface area contributed by atoms with Crippen molar-refractivity contribution < 1.29 is 9.66 Å². The number of aryl methyl sites for hydroxylation is 1. The predicted octanol–water partition coefficient (Wildman–Crippen LogP) is 6.14. The molecule has 3 aromatic carbocycles. The van der Waals surface area contributed by atoms with Crippen LogP contribution in [0, 0.1) is 17.0 Å². The van der Waals surface area contributed by atoms with E-state index < -0.39 is 4.92 Å². The summed E-state index contributed by atoms with van der Waals surface area (Å²) in [5.74, 6) is 0.655. The first-order valence-electron chi connectivity index (χ1n) is 9.81. The Kier molecular flexibility index (Phi) is 6.97. The third-order valence-electron chi connectivity index (χ3n) is 4.82. The van der Waals surface area contributed by atoms with E-state index in [-0.39, 0.29) is 33.6 Å². The molecule has 0 N–H and O–H groups in total.